The fourth-order valence-electron chi connectivity index (χ4n) is 1.79. The van der Waals surface area contributed by atoms with Gasteiger partial charge in [0.1, 0.15) is 0 Å². The summed E-state index contributed by atoms with van der Waals surface area (Å²) in [4.78, 5) is 0. The lowest BCUT2D eigenvalue weighted by Gasteiger charge is -1.97. The zero-order chi connectivity index (χ0) is 12.9. The summed E-state index contributed by atoms with van der Waals surface area (Å²) in [6.45, 7) is 0. The lowest BCUT2D eigenvalue weighted by atomic mass is 10.1. The minimum atomic E-state index is 0.540. The van der Waals surface area contributed by atoms with Crippen molar-refractivity contribution in [1.29, 1.82) is 0 Å². The van der Waals surface area contributed by atoms with Crippen molar-refractivity contribution in [2.45, 2.75) is 0 Å². The average Bonchev–Trinajstić information content (AvgIpc) is 3.01. The number of nitrogens with zero attached hydrogens (tertiary/aromatic N) is 2. The highest BCUT2D eigenvalue weighted by Gasteiger charge is 2.01. The number of benzene rings is 2. The van der Waals surface area contributed by atoms with E-state index in [4.69, 9.17) is 4.42 Å². The van der Waals surface area contributed by atoms with Gasteiger partial charge >= 0.3 is 0 Å². The van der Waals surface area contributed by atoms with Gasteiger partial charge in [0.05, 0.1) is 0 Å². The van der Waals surface area contributed by atoms with Crippen molar-refractivity contribution >= 4 is 12.2 Å². The van der Waals surface area contributed by atoms with Gasteiger partial charge in [-0.05, 0) is 23.3 Å². The summed E-state index contributed by atoms with van der Waals surface area (Å²) in [6, 6.07) is 18.2. The number of hydrogen-bond acceptors (Lipinski definition) is 3. The first-order valence-corrected chi connectivity index (χ1v) is 6.01. The average molecular weight is 248 g/mol. The second-order valence-corrected chi connectivity index (χ2v) is 4.11. The van der Waals surface area contributed by atoms with Gasteiger partial charge in [-0.1, -0.05) is 54.6 Å². The van der Waals surface area contributed by atoms with Gasteiger partial charge in [0.2, 0.25) is 12.3 Å². The molecule has 3 heteroatoms. The monoisotopic (exact) mass is 248 g/mol. The summed E-state index contributed by atoms with van der Waals surface area (Å²) >= 11 is 0. The van der Waals surface area contributed by atoms with Gasteiger partial charge in [0, 0.05) is 5.56 Å². The van der Waals surface area contributed by atoms with Crippen LogP contribution in [0.2, 0.25) is 0 Å². The fourth-order valence-corrected chi connectivity index (χ4v) is 1.79. The van der Waals surface area contributed by atoms with Gasteiger partial charge < -0.3 is 4.42 Å². The summed E-state index contributed by atoms with van der Waals surface area (Å²) in [7, 11) is 0. The molecule has 0 saturated heterocycles. The predicted molar refractivity (Wildman–Crippen MR) is 75.1 cm³/mol. The smallest absolute Gasteiger partial charge is 0.247 e. The van der Waals surface area contributed by atoms with E-state index >= 15 is 0 Å². The van der Waals surface area contributed by atoms with E-state index in [0.29, 0.717) is 5.89 Å². The van der Waals surface area contributed by atoms with Crippen LogP contribution in [0.3, 0.4) is 0 Å². The third-order valence-electron chi connectivity index (χ3n) is 2.79. The normalized spacial score (nSPS) is 10.9. The molecule has 0 radical (unpaired) electrons. The van der Waals surface area contributed by atoms with Crippen molar-refractivity contribution in [1.82, 2.24) is 10.2 Å². The van der Waals surface area contributed by atoms with Crippen LogP contribution in [0, 0.1) is 0 Å². The second kappa shape index (κ2) is 5.31. The molecule has 0 saturated carbocycles. The Morgan fingerprint density at radius 3 is 2.11 bits per heavy atom. The fraction of sp³-hybridized carbons (Fsp3) is 0. The molecule has 0 spiro atoms. The number of aromatic nitrogens is 2. The Balaban J connectivity index is 1.78. The van der Waals surface area contributed by atoms with Gasteiger partial charge in [-0.25, -0.2) is 0 Å². The Bertz CT molecular complexity index is 656. The first-order valence-electron chi connectivity index (χ1n) is 6.01. The molecular weight excluding hydrogens is 236 g/mol. The van der Waals surface area contributed by atoms with E-state index in [1.165, 1.54) is 12.0 Å². The van der Waals surface area contributed by atoms with Gasteiger partial charge in [-0.15, -0.1) is 10.2 Å². The van der Waals surface area contributed by atoms with E-state index in [1.807, 2.05) is 42.5 Å². The van der Waals surface area contributed by atoms with Crippen molar-refractivity contribution in [3.63, 3.8) is 0 Å². The highest BCUT2D eigenvalue weighted by Crippen LogP contribution is 2.17. The predicted octanol–water partition coefficient (Wildman–Crippen LogP) is 3.91. The second-order valence-electron chi connectivity index (χ2n) is 4.11. The molecule has 0 N–H and O–H groups in total. The van der Waals surface area contributed by atoms with Crippen LogP contribution in [0.25, 0.3) is 23.6 Å². The van der Waals surface area contributed by atoms with E-state index in [1.54, 1.807) is 0 Å². The van der Waals surface area contributed by atoms with Gasteiger partial charge in [0.15, 0.2) is 0 Å². The molecule has 0 aliphatic carbocycles. The first kappa shape index (κ1) is 11.4. The molecule has 0 aliphatic rings. The quantitative estimate of drug-likeness (QED) is 0.660. The molecule has 3 nitrogen and oxygen atoms in total. The molecule has 0 bridgehead atoms. The molecule has 3 aromatic rings. The van der Waals surface area contributed by atoms with Crippen molar-refractivity contribution in [2.24, 2.45) is 0 Å². The Morgan fingerprint density at radius 2 is 1.47 bits per heavy atom. The van der Waals surface area contributed by atoms with Crippen molar-refractivity contribution < 1.29 is 4.42 Å². The molecule has 0 fully saturated rings. The molecule has 19 heavy (non-hydrogen) atoms. The molecule has 92 valence electrons. The third kappa shape index (κ3) is 2.77. The Hall–Kier alpha value is -2.68. The van der Waals surface area contributed by atoms with Crippen LogP contribution in [-0.4, -0.2) is 10.2 Å². The van der Waals surface area contributed by atoms with E-state index in [2.05, 4.69) is 34.5 Å². The molecule has 0 amide bonds. The highest BCUT2D eigenvalue weighted by atomic mass is 16.4. The van der Waals surface area contributed by atoms with Crippen molar-refractivity contribution in [2.75, 3.05) is 0 Å². The maximum absolute atomic E-state index is 5.15. The topological polar surface area (TPSA) is 38.9 Å². The molecule has 1 aromatic heterocycles. The van der Waals surface area contributed by atoms with E-state index in [9.17, 15) is 0 Å². The summed E-state index contributed by atoms with van der Waals surface area (Å²) < 4.78 is 5.15. The van der Waals surface area contributed by atoms with Crippen LogP contribution in [0.1, 0.15) is 11.1 Å². The lowest BCUT2D eigenvalue weighted by molar-refractivity contribution is 0.568. The van der Waals surface area contributed by atoms with E-state index in [0.717, 1.165) is 11.1 Å². The number of hydrogen-bond donors (Lipinski definition) is 0. The van der Waals surface area contributed by atoms with Crippen LogP contribution in [-0.2, 0) is 0 Å². The van der Waals surface area contributed by atoms with Crippen molar-refractivity contribution in [3.8, 4) is 11.5 Å². The van der Waals surface area contributed by atoms with Gasteiger partial charge in [-0.2, -0.15) is 0 Å². The molecule has 2 aromatic carbocycles. The van der Waals surface area contributed by atoms with E-state index < -0.39 is 0 Å². The van der Waals surface area contributed by atoms with Crippen LogP contribution in [0.15, 0.2) is 65.4 Å². The highest BCUT2D eigenvalue weighted by molar-refractivity contribution is 5.70. The van der Waals surface area contributed by atoms with E-state index in [-0.39, 0.29) is 0 Å². The van der Waals surface area contributed by atoms with Crippen LogP contribution in [0.4, 0.5) is 0 Å². The minimum absolute atomic E-state index is 0.540. The minimum Gasteiger partial charge on any atom is -0.423 e. The molecular formula is C16H12N2O. The third-order valence-corrected chi connectivity index (χ3v) is 2.79. The molecule has 0 unspecified atom stereocenters. The lowest BCUT2D eigenvalue weighted by Crippen LogP contribution is -1.78. The maximum Gasteiger partial charge on any atom is 0.247 e. The number of rotatable bonds is 3. The summed E-state index contributed by atoms with van der Waals surface area (Å²) in [5.74, 6) is 0.540. The Kier molecular flexibility index (Phi) is 3.19. The SMILES string of the molecule is C(=Cc1ccc(-c2nnco2)cc1)c1ccccc1. The summed E-state index contributed by atoms with van der Waals surface area (Å²) in [6.07, 6.45) is 5.49. The summed E-state index contributed by atoms with van der Waals surface area (Å²) in [5, 5.41) is 7.54. The Labute approximate surface area is 111 Å². The zero-order valence-corrected chi connectivity index (χ0v) is 10.2. The van der Waals surface area contributed by atoms with Gasteiger partial charge in [-0.3, -0.25) is 0 Å². The van der Waals surface area contributed by atoms with Gasteiger partial charge in [0.25, 0.3) is 0 Å². The van der Waals surface area contributed by atoms with Crippen molar-refractivity contribution in [3.05, 3.63) is 72.1 Å². The molecule has 0 atom stereocenters. The largest absolute Gasteiger partial charge is 0.423 e. The van der Waals surface area contributed by atoms with Crippen LogP contribution < -0.4 is 0 Å². The standard InChI is InChI=1S/C16H12N2O/c1-2-4-13(5-3-1)6-7-14-8-10-15(11-9-14)16-18-17-12-19-16/h1-12H. The molecule has 0 aliphatic heterocycles. The molecule has 3 rings (SSSR count). The summed E-state index contributed by atoms with van der Waals surface area (Å²) in [5.41, 5.74) is 3.24. The Morgan fingerprint density at radius 1 is 0.789 bits per heavy atom. The first-order chi connectivity index (χ1) is 9.42. The van der Waals surface area contributed by atoms with Crippen LogP contribution >= 0.6 is 0 Å². The molecule has 1 heterocycles. The zero-order valence-electron chi connectivity index (χ0n) is 10.2. The maximum atomic E-state index is 5.15. The van der Waals surface area contributed by atoms with Crippen LogP contribution in [0.5, 0.6) is 0 Å².